The minimum atomic E-state index is -0.255. The molecule has 0 aliphatic heterocycles. The third-order valence-electron chi connectivity index (χ3n) is 3.87. The Bertz CT molecular complexity index is 629. The Morgan fingerprint density at radius 1 is 1.09 bits per heavy atom. The quantitative estimate of drug-likeness (QED) is 0.637. The van der Waals surface area contributed by atoms with Crippen LogP contribution in [0.3, 0.4) is 0 Å². The van der Waals surface area contributed by atoms with Gasteiger partial charge in [-0.15, -0.1) is 0 Å². The Balaban J connectivity index is 2.19. The molecule has 0 N–H and O–H groups in total. The highest BCUT2D eigenvalue weighted by Crippen LogP contribution is 2.23. The minimum absolute atomic E-state index is 0.0707. The fraction of sp³-hybridized carbons (Fsp3) is 0.368. The molecule has 1 heterocycles. The topological polar surface area (TPSA) is 30.2 Å². The lowest BCUT2D eigenvalue weighted by Gasteiger charge is -2.27. The summed E-state index contributed by atoms with van der Waals surface area (Å²) in [7, 11) is 0. The van der Waals surface area contributed by atoms with Gasteiger partial charge in [-0.1, -0.05) is 45.0 Å². The molecular weight excluding hydrogens is 274 g/mol. The number of nitrogens with zero attached hydrogens (tertiary/aromatic N) is 1. The van der Waals surface area contributed by atoms with Crippen molar-refractivity contribution in [3.05, 3.63) is 66.0 Å². The molecule has 2 aromatic rings. The Labute approximate surface area is 132 Å². The van der Waals surface area contributed by atoms with Crippen LogP contribution in [0.5, 0.6) is 0 Å². The molecule has 3 heteroatoms. The molecule has 0 spiro atoms. The minimum Gasteiger partial charge on any atom is -0.459 e. The molecule has 0 saturated carbocycles. The lowest BCUT2D eigenvalue weighted by Crippen LogP contribution is -2.34. The number of hydrogen-bond donors (Lipinski definition) is 0. The highest BCUT2D eigenvalue weighted by Gasteiger charge is 2.25. The molecule has 2 rings (SSSR count). The van der Waals surface area contributed by atoms with Crippen LogP contribution >= 0.6 is 0 Å². The van der Waals surface area contributed by atoms with Crippen molar-refractivity contribution in [2.45, 2.75) is 40.3 Å². The van der Waals surface area contributed by atoms with E-state index >= 15 is 0 Å². The predicted octanol–water partition coefficient (Wildman–Crippen LogP) is 3.61. The van der Waals surface area contributed by atoms with Gasteiger partial charge in [-0.25, -0.2) is 9.36 Å². The Hall–Kier alpha value is -2.16. The van der Waals surface area contributed by atoms with E-state index in [1.165, 1.54) is 0 Å². The van der Waals surface area contributed by atoms with Gasteiger partial charge in [-0.2, -0.15) is 0 Å². The lowest BCUT2D eigenvalue weighted by molar-refractivity contribution is -0.688. The molecule has 22 heavy (non-hydrogen) atoms. The van der Waals surface area contributed by atoms with Crippen molar-refractivity contribution in [3.63, 3.8) is 0 Å². The summed E-state index contributed by atoms with van der Waals surface area (Å²) in [5, 5.41) is 0. The maximum atomic E-state index is 12.5. The fourth-order valence-corrected chi connectivity index (χ4v) is 1.99. The largest absolute Gasteiger partial charge is 0.459 e. The lowest BCUT2D eigenvalue weighted by atomic mass is 9.90. The van der Waals surface area contributed by atoms with E-state index in [0.29, 0.717) is 12.1 Å². The molecule has 0 bridgehead atoms. The van der Waals surface area contributed by atoms with Crippen LogP contribution in [0.1, 0.15) is 43.6 Å². The van der Waals surface area contributed by atoms with Crippen molar-refractivity contribution in [2.75, 3.05) is 0 Å². The van der Waals surface area contributed by atoms with Crippen LogP contribution in [-0.2, 0) is 11.3 Å². The number of carbonyl (C=O) groups is 1. The summed E-state index contributed by atoms with van der Waals surface area (Å²) in [4.78, 5) is 12.5. The first-order chi connectivity index (χ1) is 10.4. The molecule has 0 fully saturated rings. The van der Waals surface area contributed by atoms with Gasteiger partial charge in [0.1, 0.15) is 6.10 Å². The van der Waals surface area contributed by atoms with E-state index in [1.54, 1.807) is 0 Å². The van der Waals surface area contributed by atoms with Gasteiger partial charge in [0.2, 0.25) is 0 Å². The summed E-state index contributed by atoms with van der Waals surface area (Å²) >= 11 is 0. The number of aromatic nitrogens is 1. The van der Waals surface area contributed by atoms with Crippen LogP contribution < -0.4 is 4.57 Å². The highest BCUT2D eigenvalue weighted by molar-refractivity contribution is 5.91. The summed E-state index contributed by atoms with van der Waals surface area (Å²) < 4.78 is 7.67. The smallest absolute Gasteiger partial charge is 0.338 e. The van der Waals surface area contributed by atoms with Crippen LogP contribution in [0.25, 0.3) is 0 Å². The molecule has 0 amide bonds. The van der Waals surface area contributed by atoms with Crippen molar-refractivity contribution in [1.29, 1.82) is 0 Å². The normalized spacial score (nSPS) is 12.7. The second-order valence-corrected chi connectivity index (χ2v) is 6.62. The van der Waals surface area contributed by atoms with Crippen molar-refractivity contribution in [1.82, 2.24) is 0 Å². The van der Waals surface area contributed by atoms with Crippen molar-refractivity contribution < 1.29 is 14.1 Å². The molecule has 1 aromatic carbocycles. The number of benzene rings is 1. The van der Waals surface area contributed by atoms with Gasteiger partial charge >= 0.3 is 5.97 Å². The Kier molecular flexibility index (Phi) is 4.96. The monoisotopic (exact) mass is 298 g/mol. The average Bonchev–Trinajstić information content (AvgIpc) is 2.47. The standard InChI is InChI=1S/C19H24NO2/c1-15(19(2,3)4)22-18(21)17-11-7-6-10-16(17)14-20-12-8-5-9-13-20/h5-13,15H,14H2,1-4H3/q+1/t15-/m1/s1. The maximum absolute atomic E-state index is 12.5. The molecular formula is C19H24NO2+. The number of ether oxygens (including phenoxy) is 1. The van der Waals surface area contributed by atoms with E-state index in [1.807, 2.05) is 66.3 Å². The van der Waals surface area contributed by atoms with Crippen LogP contribution in [0, 0.1) is 5.41 Å². The van der Waals surface area contributed by atoms with Gasteiger partial charge in [0.15, 0.2) is 18.9 Å². The van der Waals surface area contributed by atoms with Crippen molar-refractivity contribution in [2.24, 2.45) is 5.41 Å². The number of carbonyl (C=O) groups excluding carboxylic acids is 1. The molecule has 3 nitrogen and oxygen atoms in total. The number of esters is 1. The van der Waals surface area contributed by atoms with E-state index in [4.69, 9.17) is 4.74 Å². The molecule has 1 atom stereocenters. The third kappa shape index (κ3) is 4.17. The Morgan fingerprint density at radius 3 is 2.36 bits per heavy atom. The van der Waals surface area contributed by atoms with Crippen LogP contribution in [0.4, 0.5) is 0 Å². The van der Waals surface area contributed by atoms with Gasteiger partial charge in [-0.3, -0.25) is 0 Å². The molecule has 1 aromatic heterocycles. The summed E-state index contributed by atoms with van der Waals surface area (Å²) in [6, 6.07) is 13.5. The van der Waals surface area contributed by atoms with Gasteiger partial charge in [-0.05, 0) is 18.4 Å². The fourth-order valence-electron chi connectivity index (χ4n) is 1.99. The van der Waals surface area contributed by atoms with E-state index in [-0.39, 0.29) is 17.5 Å². The van der Waals surface area contributed by atoms with Crippen LogP contribution in [0.15, 0.2) is 54.9 Å². The molecule has 0 aliphatic rings. The zero-order valence-corrected chi connectivity index (χ0v) is 13.7. The second kappa shape index (κ2) is 6.73. The second-order valence-electron chi connectivity index (χ2n) is 6.62. The summed E-state index contributed by atoms with van der Waals surface area (Å²) in [6.07, 6.45) is 3.83. The highest BCUT2D eigenvalue weighted by atomic mass is 16.5. The predicted molar refractivity (Wildman–Crippen MR) is 86.5 cm³/mol. The number of hydrogen-bond acceptors (Lipinski definition) is 2. The summed E-state index contributed by atoms with van der Waals surface area (Å²) in [6.45, 7) is 8.78. The first-order valence-electron chi connectivity index (χ1n) is 7.61. The van der Waals surface area contributed by atoms with Gasteiger partial charge < -0.3 is 4.74 Å². The van der Waals surface area contributed by atoms with Crippen molar-refractivity contribution in [3.8, 4) is 0 Å². The van der Waals surface area contributed by atoms with Crippen molar-refractivity contribution >= 4 is 5.97 Å². The van der Waals surface area contributed by atoms with Crippen LogP contribution in [-0.4, -0.2) is 12.1 Å². The molecule has 0 saturated heterocycles. The number of rotatable bonds is 4. The van der Waals surface area contributed by atoms with E-state index < -0.39 is 0 Å². The summed E-state index contributed by atoms with van der Waals surface area (Å²) in [5.74, 6) is -0.255. The first kappa shape index (κ1) is 16.2. The maximum Gasteiger partial charge on any atom is 0.338 e. The van der Waals surface area contributed by atoms with Crippen LogP contribution in [0.2, 0.25) is 0 Å². The third-order valence-corrected chi connectivity index (χ3v) is 3.87. The molecule has 0 radical (unpaired) electrons. The van der Waals surface area contributed by atoms with E-state index in [2.05, 4.69) is 20.8 Å². The van der Waals surface area contributed by atoms with E-state index in [0.717, 1.165) is 5.56 Å². The summed E-state index contributed by atoms with van der Waals surface area (Å²) in [5.41, 5.74) is 1.53. The zero-order valence-electron chi connectivity index (χ0n) is 13.7. The van der Waals surface area contributed by atoms with E-state index in [9.17, 15) is 4.79 Å². The van der Waals surface area contributed by atoms with Gasteiger partial charge in [0.05, 0.1) is 5.56 Å². The molecule has 0 aliphatic carbocycles. The molecule has 0 unspecified atom stereocenters. The zero-order chi connectivity index (χ0) is 16.2. The average molecular weight is 298 g/mol. The van der Waals surface area contributed by atoms with Gasteiger partial charge in [0.25, 0.3) is 0 Å². The first-order valence-corrected chi connectivity index (χ1v) is 7.61. The Morgan fingerprint density at radius 2 is 1.73 bits per heavy atom. The SMILES string of the molecule is C[C@@H](OC(=O)c1ccccc1C[n+]1ccccc1)C(C)(C)C. The van der Waals surface area contributed by atoms with Gasteiger partial charge in [0, 0.05) is 17.7 Å². The number of pyridine rings is 1. The molecule has 116 valence electrons.